The topological polar surface area (TPSA) is 75.0 Å². The summed E-state index contributed by atoms with van der Waals surface area (Å²) >= 11 is 0. The van der Waals surface area contributed by atoms with Crippen LogP contribution in [0.5, 0.6) is 0 Å². The van der Waals surface area contributed by atoms with Crippen molar-refractivity contribution in [3.05, 3.63) is 64.2 Å². The maximum atomic E-state index is 15.0. The molecule has 0 unspecified atom stereocenters. The number of hydrogen-bond acceptors (Lipinski definition) is 4. The van der Waals surface area contributed by atoms with E-state index in [1.165, 1.54) is 29.1 Å². The molecule has 25 heavy (non-hydrogen) atoms. The number of halogens is 2. The SMILES string of the molecule is CCn1cc(C(=O)[O-])c(=O)c2cc(F)c(-c3cccnc3)c(F)c21.[Na+]. The second-order valence-corrected chi connectivity index (χ2v) is 5.13. The Morgan fingerprint density at radius 2 is 2.08 bits per heavy atom. The van der Waals surface area contributed by atoms with Gasteiger partial charge in [-0.15, -0.1) is 0 Å². The number of carboxylic acids is 1. The van der Waals surface area contributed by atoms with Gasteiger partial charge in [-0.3, -0.25) is 9.78 Å². The van der Waals surface area contributed by atoms with E-state index in [2.05, 4.69) is 4.98 Å². The Morgan fingerprint density at radius 1 is 1.36 bits per heavy atom. The molecule has 0 aliphatic heterocycles. The predicted molar refractivity (Wildman–Crippen MR) is 81.4 cm³/mol. The number of carboxylic acid groups (broad SMARTS) is 1. The molecule has 0 saturated heterocycles. The van der Waals surface area contributed by atoms with Crippen molar-refractivity contribution in [2.24, 2.45) is 0 Å². The summed E-state index contributed by atoms with van der Waals surface area (Å²) in [5, 5.41) is 10.7. The van der Waals surface area contributed by atoms with Gasteiger partial charge in [0.15, 0.2) is 11.2 Å². The minimum atomic E-state index is -1.69. The molecule has 0 amide bonds. The summed E-state index contributed by atoms with van der Waals surface area (Å²) in [6, 6.07) is 3.87. The van der Waals surface area contributed by atoms with Crippen molar-refractivity contribution >= 4 is 16.9 Å². The average molecular weight is 352 g/mol. The molecule has 3 rings (SSSR count). The third-order valence-corrected chi connectivity index (χ3v) is 3.76. The van der Waals surface area contributed by atoms with Crippen LogP contribution in [0.2, 0.25) is 0 Å². The van der Waals surface area contributed by atoms with E-state index in [0.717, 1.165) is 12.3 Å². The number of rotatable bonds is 3. The summed E-state index contributed by atoms with van der Waals surface area (Å²) in [7, 11) is 0. The summed E-state index contributed by atoms with van der Waals surface area (Å²) in [4.78, 5) is 27.1. The van der Waals surface area contributed by atoms with E-state index in [9.17, 15) is 23.5 Å². The largest absolute Gasteiger partial charge is 1.00 e. The van der Waals surface area contributed by atoms with Crippen LogP contribution in [0.4, 0.5) is 8.78 Å². The third kappa shape index (κ3) is 3.22. The summed E-state index contributed by atoms with van der Waals surface area (Å²) in [5.74, 6) is -3.61. The first-order chi connectivity index (χ1) is 11.5. The van der Waals surface area contributed by atoms with Crippen molar-refractivity contribution in [3.63, 3.8) is 0 Å². The molecule has 0 N–H and O–H groups in total. The number of hydrogen-bond donors (Lipinski definition) is 0. The Kier molecular flexibility index (Phi) is 5.72. The van der Waals surface area contributed by atoms with Crippen molar-refractivity contribution < 1.29 is 48.2 Å². The van der Waals surface area contributed by atoms with Gasteiger partial charge in [0, 0.05) is 30.7 Å². The van der Waals surface area contributed by atoms with Crippen LogP contribution in [0.25, 0.3) is 22.0 Å². The Bertz CT molecular complexity index is 1020. The number of carbonyl (C=O) groups is 1. The molecule has 1 aromatic carbocycles. The fourth-order valence-electron chi connectivity index (χ4n) is 2.66. The van der Waals surface area contributed by atoms with Crippen LogP contribution in [0, 0.1) is 11.6 Å². The summed E-state index contributed by atoms with van der Waals surface area (Å²) in [5.41, 5.74) is -1.89. The average Bonchev–Trinajstić information content (AvgIpc) is 2.56. The van der Waals surface area contributed by atoms with Crippen LogP contribution >= 0.6 is 0 Å². The van der Waals surface area contributed by atoms with Crippen LogP contribution in [-0.2, 0) is 6.54 Å². The van der Waals surface area contributed by atoms with E-state index >= 15 is 0 Å². The molecule has 0 saturated carbocycles. The van der Waals surface area contributed by atoms with Crippen molar-refractivity contribution in [2.75, 3.05) is 0 Å². The Hall–Kier alpha value is -2.09. The molecular formula is C17H11F2N2NaO3. The van der Waals surface area contributed by atoms with Crippen molar-refractivity contribution in [1.29, 1.82) is 0 Å². The Morgan fingerprint density at radius 3 is 2.64 bits per heavy atom. The molecule has 2 aromatic heterocycles. The zero-order chi connectivity index (χ0) is 17.4. The molecule has 2 heterocycles. The molecule has 0 spiro atoms. The molecular weight excluding hydrogens is 341 g/mol. The van der Waals surface area contributed by atoms with E-state index in [1.807, 2.05) is 0 Å². The standard InChI is InChI=1S/C17H12F2N2O3.Na/c1-2-21-8-11(17(23)24)16(22)10-6-12(18)13(14(19)15(10)21)9-4-3-5-20-7-9;/h3-8H,2H2,1H3,(H,23,24);/q;+1/p-1. The summed E-state index contributed by atoms with van der Waals surface area (Å²) < 4.78 is 30.7. The normalized spacial score (nSPS) is 10.5. The van der Waals surface area contributed by atoms with Gasteiger partial charge >= 0.3 is 29.6 Å². The number of fused-ring (bicyclic) bond motifs is 1. The smallest absolute Gasteiger partial charge is 0.545 e. The van der Waals surface area contributed by atoms with E-state index in [0.29, 0.717) is 0 Å². The number of pyridine rings is 2. The van der Waals surface area contributed by atoms with Crippen molar-refractivity contribution in [1.82, 2.24) is 9.55 Å². The molecule has 0 radical (unpaired) electrons. The number of carbonyl (C=O) groups excluding carboxylic acids is 1. The Labute approximate surface area is 163 Å². The second kappa shape index (κ2) is 7.43. The zero-order valence-electron chi connectivity index (χ0n) is 13.5. The van der Waals surface area contributed by atoms with E-state index in [1.54, 1.807) is 6.92 Å². The molecule has 0 fully saturated rings. The van der Waals surface area contributed by atoms with Gasteiger partial charge in [0.25, 0.3) is 0 Å². The monoisotopic (exact) mass is 352 g/mol. The van der Waals surface area contributed by atoms with Crippen LogP contribution in [-0.4, -0.2) is 15.5 Å². The zero-order valence-corrected chi connectivity index (χ0v) is 15.5. The van der Waals surface area contributed by atoms with Gasteiger partial charge in [0.2, 0.25) is 0 Å². The van der Waals surface area contributed by atoms with Gasteiger partial charge < -0.3 is 14.5 Å². The van der Waals surface area contributed by atoms with Gasteiger partial charge in [-0.05, 0) is 19.1 Å². The maximum absolute atomic E-state index is 15.0. The minimum Gasteiger partial charge on any atom is -0.545 e. The van der Waals surface area contributed by atoms with Crippen molar-refractivity contribution in [2.45, 2.75) is 13.5 Å². The fourth-order valence-corrected chi connectivity index (χ4v) is 2.66. The number of aromatic nitrogens is 2. The third-order valence-electron chi connectivity index (χ3n) is 3.76. The number of nitrogens with zero attached hydrogens (tertiary/aromatic N) is 2. The molecule has 0 aliphatic rings. The first kappa shape index (κ1) is 19.2. The molecule has 0 bridgehead atoms. The summed E-state index contributed by atoms with van der Waals surface area (Å²) in [6.45, 7) is 1.83. The number of aryl methyl sites for hydroxylation is 1. The molecule has 0 atom stereocenters. The van der Waals surface area contributed by atoms with E-state index < -0.39 is 28.6 Å². The van der Waals surface area contributed by atoms with Crippen LogP contribution in [0.3, 0.4) is 0 Å². The van der Waals surface area contributed by atoms with Gasteiger partial charge in [0.1, 0.15) is 5.82 Å². The van der Waals surface area contributed by atoms with Crippen LogP contribution < -0.4 is 40.1 Å². The minimum absolute atomic E-state index is 0. The van der Waals surface area contributed by atoms with Gasteiger partial charge in [-0.1, -0.05) is 6.07 Å². The Balaban J connectivity index is 0.00000225. The van der Waals surface area contributed by atoms with Crippen LogP contribution in [0.1, 0.15) is 17.3 Å². The predicted octanol–water partition coefficient (Wildman–Crippen LogP) is -1.27. The van der Waals surface area contributed by atoms with Crippen molar-refractivity contribution in [3.8, 4) is 11.1 Å². The van der Waals surface area contributed by atoms with Gasteiger partial charge in [0.05, 0.1) is 28.0 Å². The number of aromatic carboxylic acids is 1. The second-order valence-electron chi connectivity index (χ2n) is 5.13. The van der Waals surface area contributed by atoms with E-state index in [-0.39, 0.29) is 58.1 Å². The van der Waals surface area contributed by atoms with E-state index in [4.69, 9.17) is 0 Å². The first-order valence-corrected chi connectivity index (χ1v) is 7.12. The first-order valence-electron chi connectivity index (χ1n) is 7.12. The molecule has 0 aliphatic carbocycles. The van der Waals surface area contributed by atoms with Gasteiger partial charge in [-0.25, -0.2) is 8.78 Å². The molecule has 8 heteroatoms. The number of benzene rings is 1. The summed E-state index contributed by atoms with van der Waals surface area (Å²) in [6.07, 6.45) is 3.78. The quantitative estimate of drug-likeness (QED) is 0.551. The fraction of sp³-hybridized carbons (Fsp3) is 0.118. The van der Waals surface area contributed by atoms with Crippen LogP contribution in [0.15, 0.2) is 41.6 Å². The molecule has 3 aromatic rings. The maximum Gasteiger partial charge on any atom is 1.00 e. The molecule has 122 valence electrons. The molecule has 5 nitrogen and oxygen atoms in total. The van der Waals surface area contributed by atoms with Gasteiger partial charge in [-0.2, -0.15) is 0 Å².